The maximum absolute atomic E-state index is 13.7. The van der Waals surface area contributed by atoms with Gasteiger partial charge in [0.15, 0.2) is 11.6 Å². The van der Waals surface area contributed by atoms with Crippen LogP contribution in [0.15, 0.2) is 34.8 Å². The molecule has 0 fully saturated rings. The number of anilines is 3. The number of nitrogens with one attached hydrogen (secondary N) is 1. The first-order valence-corrected chi connectivity index (χ1v) is 6.23. The number of carbonyl (C=O) groups is 1. The zero-order valence-corrected chi connectivity index (χ0v) is 11.5. The standard InChI is InChI=1S/C13H9BrF2N2O2/c14-6-4-8(15)12(9(16)5-6)18-10-3-1-2-7(11(10)17)13(19)20/h1-5,18H,17H2,(H,19,20). The molecule has 20 heavy (non-hydrogen) atoms. The molecule has 0 saturated heterocycles. The third-order valence-corrected chi connectivity index (χ3v) is 3.06. The fourth-order valence-corrected chi connectivity index (χ4v) is 2.06. The van der Waals surface area contributed by atoms with E-state index in [-0.39, 0.29) is 21.4 Å². The molecule has 2 aromatic carbocycles. The summed E-state index contributed by atoms with van der Waals surface area (Å²) in [4.78, 5) is 10.9. The molecule has 2 rings (SSSR count). The summed E-state index contributed by atoms with van der Waals surface area (Å²) >= 11 is 2.97. The lowest BCUT2D eigenvalue weighted by molar-refractivity contribution is 0.0698. The Bertz CT molecular complexity index is 669. The first-order chi connectivity index (χ1) is 9.40. The summed E-state index contributed by atoms with van der Waals surface area (Å²) in [6, 6.07) is 6.34. The van der Waals surface area contributed by atoms with Crippen LogP contribution in [0, 0.1) is 11.6 Å². The van der Waals surface area contributed by atoms with E-state index in [2.05, 4.69) is 21.2 Å². The van der Waals surface area contributed by atoms with Crippen LogP contribution in [0.2, 0.25) is 0 Å². The number of rotatable bonds is 3. The summed E-state index contributed by atoms with van der Waals surface area (Å²) in [6.07, 6.45) is 0. The van der Waals surface area contributed by atoms with E-state index in [9.17, 15) is 13.6 Å². The van der Waals surface area contributed by atoms with Crippen molar-refractivity contribution in [3.8, 4) is 0 Å². The number of carboxylic acid groups (broad SMARTS) is 1. The van der Waals surface area contributed by atoms with Crippen LogP contribution in [0.5, 0.6) is 0 Å². The van der Waals surface area contributed by atoms with Crippen molar-refractivity contribution in [1.82, 2.24) is 0 Å². The van der Waals surface area contributed by atoms with E-state index >= 15 is 0 Å². The number of nitrogens with two attached hydrogens (primary N) is 1. The van der Waals surface area contributed by atoms with Crippen LogP contribution in [0.1, 0.15) is 10.4 Å². The second-order valence-corrected chi connectivity index (χ2v) is 4.86. The number of hydrogen-bond donors (Lipinski definition) is 3. The molecular weight excluding hydrogens is 334 g/mol. The number of hydrogen-bond acceptors (Lipinski definition) is 3. The Morgan fingerprint density at radius 2 is 1.85 bits per heavy atom. The minimum atomic E-state index is -1.22. The molecule has 4 N–H and O–H groups in total. The van der Waals surface area contributed by atoms with Crippen LogP contribution in [-0.4, -0.2) is 11.1 Å². The highest BCUT2D eigenvalue weighted by atomic mass is 79.9. The minimum absolute atomic E-state index is 0.0956. The third-order valence-electron chi connectivity index (χ3n) is 2.60. The fraction of sp³-hybridized carbons (Fsp3) is 0. The van der Waals surface area contributed by atoms with E-state index in [1.54, 1.807) is 0 Å². The summed E-state index contributed by atoms with van der Waals surface area (Å²) in [5.74, 6) is -2.86. The average molecular weight is 343 g/mol. The number of carboxylic acids is 1. The van der Waals surface area contributed by atoms with E-state index in [4.69, 9.17) is 10.8 Å². The number of benzene rings is 2. The molecule has 0 amide bonds. The van der Waals surface area contributed by atoms with Crippen molar-refractivity contribution in [2.75, 3.05) is 11.1 Å². The Morgan fingerprint density at radius 3 is 2.40 bits per heavy atom. The Kier molecular flexibility index (Phi) is 3.89. The van der Waals surface area contributed by atoms with Crippen LogP contribution in [0.4, 0.5) is 25.8 Å². The van der Waals surface area contributed by atoms with Crippen LogP contribution in [0.3, 0.4) is 0 Å². The van der Waals surface area contributed by atoms with Gasteiger partial charge in [0, 0.05) is 4.47 Å². The molecule has 0 spiro atoms. The maximum atomic E-state index is 13.7. The molecule has 0 aliphatic heterocycles. The average Bonchev–Trinajstić information content (AvgIpc) is 2.35. The molecule has 0 saturated carbocycles. The summed E-state index contributed by atoms with van der Waals surface area (Å²) in [5, 5.41) is 11.4. The molecule has 0 unspecified atom stereocenters. The summed E-state index contributed by atoms with van der Waals surface area (Å²) in [6.45, 7) is 0. The van der Waals surface area contributed by atoms with Gasteiger partial charge in [-0.3, -0.25) is 0 Å². The highest BCUT2D eigenvalue weighted by molar-refractivity contribution is 9.10. The zero-order valence-electron chi connectivity index (χ0n) is 9.95. The lowest BCUT2D eigenvalue weighted by atomic mass is 10.1. The number of aromatic carboxylic acids is 1. The molecule has 0 bridgehead atoms. The Balaban J connectivity index is 2.46. The van der Waals surface area contributed by atoms with Gasteiger partial charge in [0.25, 0.3) is 0 Å². The largest absolute Gasteiger partial charge is 0.478 e. The maximum Gasteiger partial charge on any atom is 0.337 e. The van der Waals surface area contributed by atoms with Crippen molar-refractivity contribution in [2.45, 2.75) is 0 Å². The molecule has 0 heterocycles. The van der Waals surface area contributed by atoms with Crippen LogP contribution >= 0.6 is 15.9 Å². The normalized spacial score (nSPS) is 10.3. The van der Waals surface area contributed by atoms with Crippen molar-refractivity contribution < 1.29 is 18.7 Å². The van der Waals surface area contributed by atoms with Crippen molar-refractivity contribution in [3.63, 3.8) is 0 Å². The predicted octanol–water partition coefficient (Wildman–Crippen LogP) is 3.75. The van der Waals surface area contributed by atoms with Gasteiger partial charge in [-0.05, 0) is 24.3 Å². The Labute approximate surface area is 121 Å². The highest BCUT2D eigenvalue weighted by Gasteiger charge is 2.15. The second kappa shape index (κ2) is 5.46. The summed E-state index contributed by atoms with van der Waals surface area (Å²) in [7, 11) is 0. The van der Waals surface area contributed by atoms with Crippen molar-refractivity contribution in [1.29, 1.82) is 0 Å². The molecule has 0 aromatic heterocycles. The minimum Gasteiger partial charge on any atom is -0.478 e. The molecule has 0 radical (unpaired) electrons. The van der Waals surface area contributed by atoms with Crippen molar-refractivity contribution >= 4 is 39.0 Å². The summed E-state index contributed by atoms with van der Waals surface area (Å²) in [5.41, 5.74) is 5.14. The first-order valence-electron chi connectivity index (χ1n) is 5.43. The molecule has 104 valence electrons. The van der Waals surface area contributed by atoms with E-state index in [1.807, 2.05) is 0 Å². The monoisotopic (exact) mass is 342 g/mol. The van der Waals surface area contributed by atoms with Gasteiger partial charge in [0.05, 0.1) is 16.9 Å². The van der Waals surface area contributed by atoms with Crippen LogP contribution in [-0.2, 0) is 0 Å². The molecular formula is C13H9BrF2N2O2. The van der Waals surface area contributed by atoms with Gasteiger partial charge in [0.2, 0.25) is 0 Å². The van der Waals surface area contributed by atoms with E-state index < -0.39 is 23.3 Å². The number of nitrogen functional groups attached to an aromatic ring is 1. The fourth-order valence-electron chi connectivity index (χ4n) is 1.66. The lowest BCUT2D eigenvalue weighted by Gasteiger charge is -2.12. The van der Waals surface area contributed by atoms with Gasteiger partial charge in [-0.2, -0.15) is 0 Å². The number of para-hydroxylation sites is 1. The number of halogens is 3. The van der Waals surface area contributed by atoms with E-state index in [0.29, 0.717) is 0 Å². The molecule has 2 aromatic rings. The smallest absolute Gasteiger partial charge is 0.337 e. The van der Waals surface area contributed by atoms with Crippen molar-refractivity contribution in [2.24, 2.45) is 0 Å². The highest BCUT2D eigenvalue weighted by Crippen LogP contribution is 2.30. The van der Waals surface area contributed by atoms with Gasteiger partial charge < -0.3 is 16.2 Å². The predicted molar refractivity (Wildman–Crippen MR) is 75.2 cm³/mol. The molecule has 0 atom stereocenters. The zero-order chi connectivity index (χ0) is 14.9. The lowest BCUT2D eigenvalue weighted by Crippen LogP contribution is -2.06. The molecule has 7 heteroatoms. The van der Waals surface area contributed by atoms with Gasteiger partial charge in [-0.15, -0.1) is 0 Å². The van der Waals surface area contributed by atoms with Crippen LogP contribution < -0.4 is 11.1 Å². The quantitative estimate of drug-likeness (QED) is 0.742. The van der Waals surface area contributed by atoms with Crippen LogP contribution in [0.25, 0.3) is 0 Å². The Hall–Kier alpha value is -2.15. The Morgan fingerprint density at radius 1 is 1.25 bits per heavy atom. The van der Waals surface area contributed by atoms with E-state index in [1.165, 1.54) is 18.2 Å². The summed E-state index contributed by atoms with van der Waals surface area (Å²) < 4.78 is 27.7. The molecule has 4 nitrogen and oxygen atoms in total. The van der Waals surface area contributed by atoms with Gasteiger partial charge in [-0.25, -0.2) is 13.6 Å². The molecule has 0 aliphatic rings. The SMILES string of the molecule is Nc1c(Nc2c(F)cc(Br)cc2F)cccc1C(=O)O. The first kappa shape index (κ1) is 14.3. The van der Waals surface area contributed by atoms with Gasteiger partial charge in [0.1, 0.15) is 5.69 Å². The van der Waals surface area contributed by atoms with Gasteiger partial charge in [-0.1, -0.05) is 22.0 Å². The molecule has 0 aliphatic carbocycles. The van der Waals surface area contributed by atoms with Gasteiger partial charge >= 0.3 is 5.97 Å². The van der Waals surface area contributed by atoms with E-state index in [0.717, 1.165) is 12.1 Å². The second-order valence-electron chi connectivity index (χ2n) is 3.94. The third kappa shape index (κ3) is 2.72. The van der Waals surface area contributed by atoms with Crippen molar-refractivity contribution in [3.05, 3.63) is 52.0 Å². The topological polar surface area (TPSA) is 75.3 Å².